The Morgan fingerprint density at radius 2 is 2.00 bits per heavy atom. The van der Waals surface area contributed by atoms with Crippen molar-refractivity contribution in [2.45, 2.75) is 13.3 Å². The van der Waals surface area contributed by atoms with E-state index in [0.717, 1.165) is 33.5 Å². The lowest BCUT2D eigenvalue weighted by Gasteiger charge is -2.09. The Kier molecular flexibility index (Phi) is 6.63. The molecule has 0 aliphatic rings. The molecule has 3 rings (SSSR count). The highest BCUT2D eigenvalue weighted by Gasteiger charge is 2.03. The summed E-state index contributed by atoms with van der Waals surface area (Å²) in [6, 6.07) is 15.6. The molecule has 1 N–H and O–H groups in total. The maximum absolute atomic E-state index is 12.0. The van der Waals surface area contributed by atoms with Gasteiger partial charge in [0.1, 0.15) is 17.0 Å². The summed E-state index contributed by atoms with van der Waals surface area (Å²) in [5, 5.41) is 3.91. The number of nitrogens with zero attached hydrogens (tertiary/aromatic N) is 1. The number of para-hydroxylation sites is 1. The zero-order valence-corrected chi connectivity index (χ0v) is 16.1. The molecule has 1 heterocycles. The van der Waals surface area contributed by atoms with E-state index in [2.05, 4.69) is 10.3 Å². The van der Waals surface area contributed by atoms with Crippen molar-refractivity contribution in [3.8, 4) is 11.5 Å². The molecule has 0 aliphatic heterocycles. The van der Waals surface area contributed by atoms with Gasteiger partial charge in [0.2, 0.25) is 5.91 Å². The normalized spacial score (nSPS) is 10.9. The Morgan fingerprint density at radius 1 is 1.14 bits per heavy atom. The number of methoxy groups -OCH3 is 1. The molecule has 0 saturated carbocycles. The number of rotatable bonds is 8. The molecule has 0 spiro atoms. The van der Waals surface area contributed by atoms with Gasteiger partial charge in [0.25, 0.3) is 0 Å². The zero-order chi connectivity index (χ0) is 19.8. The lowest BCUT2D eigenvalue weighted by molar-refractivity contribution is -0.116. The topological polar surface area (TPSA) is 60.5 Å². The van der Waals surface area contributed by atoms with Crippen LogP contribution in [0, 0.1) is 6.92 Å². The van der Waals surface area contributed by atoms with Crippen molar-refractivity contribution in [1.29, 1.82) is 0 Å². The van der Waals surface area contributed by atoms with Crippen molar-refractivity contribution in [1.82, 2.24) is 10.3 Å². The van der Waals surface area contributed by atoms with E-state index < -0.39 is 0 Å². The minimum absolute atomic E-state index is 0.143. The second-order valence-electron chi connectivity index (χ2n) is 6.40. The van der Waals surface area contributed by atoms with Crippen LogP contribution < -0.4 is 14.8 Å². The van der Waals surface area contributed by atoms with Crippen LogP contribution in [0.5, 0.6) is 11.5 Å². The highest BCUT2D eigenvalue weighted by atomic mass is 16.5. The number of ether oxygens (including phenoxy) is 2. The molecule has 144 valence electrons. The summed E-state index contributed by atoms with van der Waals surface area (Å²) in [4.78, 5) is 16.4. The number of aryl methyl sites for hydroxylation is 1. The van der Waals surface area contributed by atoms with E-state index >= 15 is 0 Å². The Hall–Kier alpha value is -3.34. The van der Waals surface area contributed by atoms with E-state index in [-0.39, 0.29) is 5.91 Å². The smallest absolute Gasteiger partial charge is 0.244 e. The first kappa shape index (κ1) is 19.4. The molecule has 1 amide bonds. The fraction of sp³-hybridized carbons (Fsp3) is 0.217. The third kappa shape index (κ3) is 5.10. The molecule has 0 saturated heterocycles. The van der Waals surface area contributed by atoms with Gasteiger partial charge in [-0.3, -0.25) is 9.78 Å². The molecule has 0 unspecified atom stereocenters. The van der Waals surface area contributed by atoms with Gasteiger partial charge in [-0.15, -0.1) is 0 Å². The molecule has 0 bridgehead atoms. The predicted octanol–water partition coefficient (Wildman–Crippen LogP) is 4.15. The fourth-order valence-corrected chi connectivity index (χ4v) is 2.87. The molecule has 28 heavy (non-hydrogen) atoms. The van der Waals surface area contributed by atoms with Crippen LogP contribution in [0.3, 0.4) is 0 Å². The van der Waals surface area contributed by atoms with E-state index in [9.17, 15) is 4.79 Å². The molecular formula is C23H24N2O3. The molecule has 1 aromatic heterocycles. The van der Waals surface area contributed by atoms with Crippen LogP contribution >= 0.6 is 0 Å². The number of nitrogens with one attached hydrogen (secondary N) is 1. The van der Waals surface area contributed by atoms with Crippen LogP contribution in [0.1, 0.15) is 17.5 Å². The maximum Gasteiger partial charge on any atom is 0.244 e. The standard InChI is InChI=1S/C23H24N2O3/c1-17-9-11-20(27-2)19(16-17)10-12-22(26)24-14-5-15-28-21-8-3-6-18-7-4-13-25-23(18)21/h3-4,6-13,16H,5,14-15H2,1-2H3,(H,24,26)/b12-10+. The SMILES string of the molecule is COc1ccc(C)cc1/C=C/C(=O)NCCCOc1cccc2cccnc12. The highest BCUT2D eigenvalue weighted by molar-refractivity contribution is 5.92. The van der Waals surface area contributed by atoms with E-state index in [0.29, 0.717) is 19.6 Å². The van der Waals surface area contributed by atoms with Crippen LogP contribution in [0.2, 0.25) is 0 Å². The Labute approximate surface area is 165 Å². The van der Waals surface area contributed by atoms with Crippen LogP contribution in [-0.4, -0.2) is 31.2 Å². The van der Waals surface area contributed by atoms with Gasteiger partial charge < -0.3 is 14.8 Å². The van der Waals surface area contributed by atoms with Crippen molar-refractivity contribution in [2.24, 2.45) is 0 Å². The molecule has 2 aromatic carbocycles. The number of pyridine rings is 1. The van der Waals surface area contributed by atoms with Gasteiger partial charge in [0, 0.05) is 29.8 Å². The summed E-state index contributed by atoms with van der Waals surface area (Å²) < 4.78 is 11.1. The molecule has 0 fully saturated rings. The molecule has 3 aromatic rings. The number of hydrogen-bond donors (Lipinski definition) is 1. The number of hydrogen-bond acceptors (Lipinski definition) is 4. The van der Waals surface area contributed by atoms with Crippen molar-refractivity contribution in [2.75, 3.05) is 20.3 Å². The minimum atomic E-state index is -0.143. The number of carbonyl (C=O) groups is 1. The van der Waals surface area contributed by atoms with Gasteiger partial charge in [-0.25, -0.2) is 0 Å². The summed E-state index contributed by atoms with van der Waals surface area (Å²) in [5.74, 6) is 1.36. The van der Waals surface area contributed by atoms with Crippen molar-refractivity contribution in [3.63, 3.8) is 0 Å². The summed E-state index contributed by atoms with van der Waals surface area (Å²) in [7, 11) is 1.62. The Bertz CT molecular complexity index is 977. The lowest BCUT2D eigenvalue weighted by atomic mass is 10.1. The van der Waals surface area contributed by atoms with Crippen molar-refractivity contribution >= 4 is 22.9 Å². The van der Waals surface area contributed by atoms with Gasteiger partial charge in [-0.2, -0.15) is 0 Å². The van der Waals surface area contributed by atoms with Crippen LogP contribution in [0.15, 0.2) is 60.8 Å². The number of benzene rings is 2. The molecule has 0 aliphatic carbocycles. The molecule has 0 radical (unpaired) electrons. The van der Waals surface area contributed by atoms with Crippen molar-refractivity contribution < 1.29 is 14.3 Å². The largest absolute Gasteiger partial charge is 0.496 e. The van der Waals surface area contributed by atoms with Crippen LogP contribution in [0.25, 0.3) is 17.0 Å². The Morgan fingerprint density at radius 3 is 2.86 bits per heavy atom. The number of aromatic nitrogens is 1. The third-order valence-corrected chi connectivity index (χ3v) is 4.27. The summed E-state index contributed by atoms with van der Waals surface area (Å²) >= 11 is 0. The monoisotopic (exact) mass is 376 g/mol. The lowest BCUT2D eigenvalue weighted by Crippen LogP contribution is -2.23. The van der Waals surface area contributed by atoms with Crippen LogP contribution in [-0.2, 0) is 4.79 Å². The zero-order valence-electron chi connectivity index (χ0n) is 16.1. The predicted molar refractivity (Wildman–Crippen MR) is 112 cm³/mol. The molecule has 5 nitrogen and oxygen atoms in total. The van der Waals surface area contributed by atoms with Gasteiger partial charge in [0.15, 0.2) is 0 Å². The van der Waals surface area contributed by atoms with Gasteiger partial charge in [-0.05, 0) is 43.7 Å². The first-order chi connectivity index (χ1) is 13.7. The second-order valence-corrected chi connectivity index (χ2v) is 6.40. The summed E-state index contributed by atoms with van der Waals surface area (Å²) in [5.41, 5.74) is 2.84. The van der Waals surface area contributed by atoms with Crippen LogP contribution in [0.4, 0.5) is 0 Å². The van der Waals surface area contributed by atoms with E-state index in [1.807, 2.05) is 55.5 Å². The van der Waals surface area contributed by atoms with E-state index in [1.165, 1.54) is 6.08 Å². The number of amides is 1. The number of fused-ring (bicyclic) bond motifs is 1. The maximum atomic E-state index is 12.0. The quantitative estimate of drug-likeness (QED) is 0.474. The summed E-state index contributed by atoms with van der Waals surface area (Å²) in [6.45, 7) is 3.04. The summed E-state index contributed by atoms with van der Waals surface area (Å²) in [6.07, 6.45) is 5.74. The minimum Gasteiger partial charge on any atom is -0.496 e. The average molecular weight is 376 g/mol. The fourth-order valence-electron chi connectivity index (χ4n) is 2.87. The molecular weight excluding hydrogens is 352 g/mol. The first-order valence-corrected chi connectivity index (χ1v) is 9.24. The second kappa shape index (κ2) is 9.55. The molecule has 5 heteroatoms. The highest BCUT2D eigenvalue weighted by Crippen LogP contribution is 2.23. The first-order valence-electron chi connectivity index (χ1n) is 9.24. The van der Waals surface area contributed by atoms with E-state index in [1.54, 1.807) is 19.4 Å². The number of carbonyl (C=O) groups excluding carboxylic acids is 1. The molecule has 0 atom stereocenters. The van der Waals surface area contributed by atoms with Gasteiger partial charge in [0.05, 0.1) is 13.7 Å². The third-order valence-electron chi connectivity index (χ3n) is 4.27. The Balaban J connectivity index is 1.45. The van der Waals surface area contributed by atoms with Crippen molar-refractivity contribution in [3.05, 3.63) is 71.9 Å². The van der Waals surface area contributed by atoms with Gasteiger partial charge >= 0.3 is 0 Å². The van der Waals surface area contributed by atoms with E-state index in [4.69, 9.17) is 9.47 Å². The average Bonchev–Trinajstić information content (AvgIpc) is 2.72. The van der Waals surface area contributed by atoms with Gasteiger partial charge in [-0.1, -0.05) is 29.8 Å².